The fourth-order valence-corrected chi connectivity index (χ4v) is 1.99. The maximum Gasteiger partial charge on any atom is 0.213 e. The number of ether oxygens (including phenoxy) is 1. The van der Waals surface area contributed by atoms with Gasteiger partial charge in [0.2, 0.25) is 5.88 Å². The van der Waals surface area contributed by atoms with Crippen molar-refractivity contribution in [1.29, 1.82) is 0 Å². The Morgan fingerprint density at radius 3 is 2.58 bits per heavy atom. The second kappa shape index (κ2) is 5.56. The van der Waals surface area contributed by atoms with Gasteiger partial charge in [-0.15, -0.1) is 0 Å². The average molecular weight is 326 g/mol. The number of methoxy groups -OCH3 is 1. The molecule has 0 aliphatic carbocycles. The molecule has 0 atom stereocenters. The highest BCUT2D eigenvalue weighted by Gasteiger charge is 2.09. The van der Waals surface area contributed by atoms with Crippen molar-refractivity contribution >= 4 is 27.6 Å². The van der Waals surface area contributed by atoms with Gasteiger partial charge in [-0.05, 0) is 15.9 Å². The Hall–Kier alpha value is -1.63. The van der Waals surface area contributed by atoms with Gasteiger partial charge in [-0.1, -0.05) is 13.8 Å². The largest absolute Gasteiger partial charge is 0.481 e. The van der Waals surface area contributed by atoms with Crippen molar-refractivity contribution in [2.24, 2.45) is 7.05 Å². The lowest BCUT2D eigenvalue weighted by atomic mass is 10.2. The summed E-state index contributed by atoms with van der Waals surface area (Å²) in [4.78, 5) is 8.78. The van der Waals surface area contributed by atoms with Gasteiger partial charge in [0.05, 0.1) is 7.11 Å². The minimum absolute atomic E-state index is 0.260. The Balaban J connectivity index is 2.27. The molecule has 0 aliphatic heterocycles. The van der Waals surface area contributed by atoms with E-state index in [-0.39, 0.29) is 5.92 Å². The number of nitrogens with zero attached hydrogens (tertiary/aromatic N) is 4. The van der Waals surface area contributed by atoms with E-state index in [4.69, 9.17) is 4.74 Å². The molecule has 19 heavy (non-hydrogen) atoms. The van der Waals surface area contributed by atoms with Crippen molar-refractivity contribution in [1.82, 2.24) is 19.7 Å². The summed E-state index contributed by atoms with van der Waals surface area (Å²) in [5, 5.41) is 7.43. The van der Waals surface area contributed by atoms with Crippen LogP contribution in [0.4, 0.5) is 11.6 Å². The minimum Gasteiger partial charge on any atom is -0.481 e. The first-order valence-corrected chi connectivity index (χ1v) is 6.68. The van der Waals surface area contributed by atoms with Gasteiger partial charge in [-0.25, -0.2) is 14.6 Å². The summed E-state index contributed by atoms with van der Waals surface area (Å²) < 4.78 is 7.57. The van der Waals surface area contributed by atoms with E-state index in [1.807, 2.05) is 19.2 Å². The van der Waals surface area contributed by atoms with E-state index in [1.165, 1.54) is 0 Å². The Kier molecular flexibility index (Phi) is 4.04. The molecular formula is C12H16BrN5O. The third-order valence-corrected chi connectivity index (χ3v) is 2.94. The molecule has 6 nitrogen and oxygen atoms in total. The van der Waals surface area contributed by atoms with Crippen molar-refractivity contribution in [3.05, 3.63) is 22.6 Å². The maximum absolute atomic E-state index is 5.17. The van der Waals surface area contributed by atoms with Crippen LogP contribution in [0.15, 0.2) is 16.7 Å². The zero-order valence-corrected chi connectivity index (χ0v) is 12.9. The molecule has 0 spiro atoms. The second-order valence-electron chi connectivity index (χ2n) is 4.41. The van der Waals surface area contributed by atoms with Gasteiger partial charge < -0.3 is 10.1 Å². The molecule has 1 N–H and O–H groups in total. The van der Waals surface area contributed by atoms with Gasteiger partial charge in [0.1, 0.15) is 16.2 Å². The molecule has 0 radical (unpaired) electrons. The van der Waals surface area contributed by atoms with E-state index in [0.29, 0.717) is 17.5 Å². The monoisotopic (exact) mass is 325 g/mol. The highest BCUT2D eigenvalue weighted by Crippen LogP contribution is 2.22. The van der Waals surface area contributed by atoms with Crippen LogP contribution in [0.2, 0.25) is 0 Å². The van der Waals surface area contributed by atoms with Crippen molar-refractivity contribution in [2.45, 2.75) is 19.8 Å². The van der Waals surface area contributed by atoms with Crippen molar-refractivity contribution in [2.75, 3.05) is 12.4 Å². The van der Waals surface area contributed by atoms with Crippen LogP contribution < -0.4 is 10.1 Å². The van der Waals surface area contributed by atoms with E-state index in [2.05, 4.69) is 50.2 Å². The molecule has 2 aromatic rings. The molecule has 2 heterocycles. The third kappa shape index (κ3) is 3.23. The number of aryl methyl sites for hydroxylation is 1. The zero-order valence-electron chi connectivity index (χ0n) is 11.3. The molecule has 0 fully saturated rings. The molecular weight excluding hydrogens is 310 g/mol. The average Bonchev–Trinajstić information content (AvgIpc) is 2.68. The third-order valence-electron chi connectivity index (χ3n) is 2.53. The number of rotatable bonds is 4. The van der Waals surface area contributed by atoms with Crippen LogP contribution >= 0.6 is 15.9 Å². The van der Waals surface area contributed by atoms with E-state index in [1.54, 1.807) is 11.8 Å². The van der Waals surface area contributed by atoms with Gasteiger partial charge in [0, 0.05) is 25.1 Å². The van der Waals surface area contributed by atoms with Gasteiger partial charge in [-0.2, -0.15) is 5.10 Å². The second-order valence-corrected chi connectivity index (χ2v) is 5.22. The van der Waals surface area contributed by atoms with Gasteiger partial charge in [-0.3, -0.25) is 0 Å². The van der Waals surface area contributed by atoms with Crippen LogP contribution in [0.5, 0.6) is 5.88 Å². The van der Waals surface area contributed by atoms with Crippen LogP contribution in [0.25, 0.3) is 0 Å². The first kappa shape index (κ1) is 13.8. The summed E-state index contributed by atoms with van der Waals surface area (Å²) in [6.07, 6.45) is 0. The van der Waals surface area contributed by atoms with Gasteiger partial charge in [0.15, 0.2) is 5.82 Å². The lowest BCUT2D eigenvalue weighted by Crippen LogP contribution is -2.02. The lowest BCUT2D eigenvalue weighted by molar-refractivity contribution is 0.373. The Morgan fingerprint density at radius 2 is 2.00 bits per heavy atom. The topological polar surface area (TPSA) is 64.9 Å². The molecule has 102 valence electrons. The predicted molar refractivity (Wildman–Crippen MR) is 76.9 cm³/mol. The normalized spacial score (nSPS) is 10.8. The molecule has 0 bridgehead atoms. The van der Waals surface area contributed by atoms with E-state index in [0.717, 1.165) is 10.4 Å². The number of hydrogen-bond donors (Lipinski definition) is 1. The first-order chi connectivity index (χ1) is 8.99. The number of halogens is 1. The summed E-state index contributed by atoms with van der Waals surface area (Å²) in [7, 11) is 3.43. The Bertz CT molecular complexity index is 581. The first-order valence-electron chi connectivity index (χ1n) is 5.89. The SMILES string of the molecule is COc1cc(Nc2cc(Br)nc(C(C)C)n2)nn1C. The maximum atomic E-state index is 5.17. The lowest BCUT2D eigenvalue weighted by Gasteiger charge is -2.07. The Labute approximate surface area is 120 Å². The van der Waals surface area contributed by atoms with Gasteiger partial charge in [0.25, 0.3) is 0 Å². The van der Waals surface area contributed by atoms with Crippen molar-refractivity contribution < 1.29 is 4.74 Å². The van der Waals surface area contributed by atoms with E-state index < -0.39 is 0 Å². The molecule has 0 saturated heterocycles. The minimum atomic E-state index is 0.260. The number of hydrogen-bond acceptors (Lipinski definition) is 5. The van der Waals surface area contributed by atoms with Crippen molar-refractivity contribution in [3.63, 3.8) is 0 Å². The van der Waals surface area contributed by atoms with E-state index >= 15 is 0 Å². The summed E-state index contributed by atoms with van der Waals surface area (Å²) in [5.41, 5.74) is 0. The van der Waals surface area contributed by atoms with Crippen LogP contribution in [0, 0.1) is 0 Å². The van der Waals surface area contributed by atoms with Crippen LogP contribution in [0.3, 0.4) is 0 Å². The number of nitrogens with one attached hydrogen (secondary N) is 1. The van der Waals surface area contributed by atoms with Crippen LogP contribution in [0.1, 0.15) is 25.6 Å². The quantitative estimate of drug-likeness (QED) is 0.875. The summed E-state index contributed by atoms with van der Waals surface area (Å²) >= 11 is 3.39. The molecule has 0 amide bonds. The van der Waals surface area contributed by atoms with Crippen molar-refractivity contribution in [3.8, 4) is 5.88 Å². The van der Waals surface area contributed by atoms with Gasteiger partial charge >= 0.3 is 0 Å². The Morgan fingerprint density at radius 1 is 1.26 bits per heavy atom. The van der Waals surface area contributed by atoms with E-state index in [9.17, 15) is 0 Å². The predicted octanol–water partition coefficient (Wildman–Crippen LogP) is 2.85. The standard InChI is InChI=1S/C12H16BrN5O/c1-7(2)12-14-8(13)5-9(16-12)15-10-6-11(19-4)18(3)17-10/h5-7H,1-4H3,(H,14,15,16,17). The molecule has 0 unspecified atom stereocenters. The molecule has 0 aromatic carbocycles. The fraction of sp³-hybridized carbons (Fsp3) is 0.417. The van der Waals surface area contributed by atoms with Crippen LogP contribution in [-0.2, 0) is 7.05 Å². The summed E-state index contributed by atoms with van der Waals surface area (Å²) in [6, 6.07) is 3.62. The number of anilines is 2. The highest BCUT2D eigenvalue weighted by molar-refractivity contribution is 9.10. The number of aromatic nitrogens is 4. The molecule has 2 rings (SSSR count). The zero-order chi connectivity index (χ0) is 14.0. The summed E-state index contributed by atoms with van der Waals surface area (Å²) in [6.45, 7) is 4.10. The summed E-state index contributed by atoms with van der Waals surface area (Å²) in [5.74, 6) is 3.10. The molecule has 2 aromatic heterocycles. The highest BCUT2D eigenvalue weighted by atomic mass is 79.9. The fourth-order valence-electron chi connectivity index (χ4n) is 1.59. The smallest absolute Gasteiger partial charge is 0.213 e. The molecule has 7 heteroatoms. The molecule has 0 aliphatic rings. The van der Waals surface area contributed by atoms with Crippen LogP contribution in [-0.4, -0.2) is 26.9 Å². The molecule has 0 saturated carbocycles.